The summed E-state index contributed by atoms with van der Waals surface area (Å²) in [4.78, 5) is 32.2. The van der Waals surface area contributed by atoms with Crippen LogP contribution in [0, 0.1) is 45.8 Å². The predicted octanol–water partition coefficient (Wildman–Crippen LogP) is 11.9. The van der Waals surface area contributed by atoms with Crippen LogP contribution in [-0.2, 0) is 29.0 Å². The van der Waals surface area contributed by atoms with E-state index in [2.05, 4.69) is 106 Å². The van der Waals surface area contributed by atoms with Gasteiger partial charge in [0.25, 0.3) is 0 Å². The van der Waals surface area contributed by atoms with Crippen LogP contribution in [0.4, 0.5) is 11.4 Å². The van der Waals surface area contributed by atoms with Crippen LogP contribution in [0.15, 0.2) is 96.5 Å². The first-order chi connectivity index (χ1) is 35.8. The van der Waals surface area contributed by atoms with E-state index < -0.39 is 23.6 Å². The second-order valence-corrected chi connectivity index (χ2v) is 20.8. The molecule has 16 nitrogen and oxygen atoms in total. The van der Waals surface area contributed by atoms with Gasteiger partial charge in [0.2, 0.25) is 11.8 Å². The molecule has 7 rings (SSSR count). The molecule has 0 saturated carbocycles. The Hall–Kier alpha value is -7.61. The molecule has 0 saturated heterocycles. The minimum atomic E-state index is -1.48. The summed E-state index contributed by atoms with van der Waals surface area (Å²) in [5.41, 5.74) is 23.5. The Morgan fingerprint density at radius 3 is 1.69 bits per heavy atom. The fraction of sp³-hybridized carbons (Fsp3) is 0.296. The van der Waals surface area contributed by atoms with E-state index in [1.807, 2.05) is 18.2 Å². The standard InChI is InChI=1S/C27H27Cl2N7O.C25H23Cl2N3.C2H4N4O/c1-27(2,3)15-33-25-17(11-30)12-32-26-20(25)9-16(10-22(26)29)8-19(18-6-4-5-7-21(18)28)23-13-36(35-34-23)14-24(31)37;1-5-17(19-8-6-7-9-21(19)26)10-16-11-20-23(30-15-25(2,3)4)18(13-28)14-29-24(20)22(27)12-16;3-2(7)1-5-6-4/h4-7,9-10,12-13,19H,8,14-15H2,1-3H3,(H2,31,37)(H,32,33);1,6-9,11-12,14,17H,10,15H2,2-4H3,(H,29,30);1H2,(H2,3,7)/t19-;17-;/m11./s1/i19D;17D;. The van der Waals surface area contributed by atoms with Crippen molar-refractivity contribution < 1.29 is 12.3 Å². The maximum atomic E-state index is 11.4. The molecule has 0 aliphatic heterocycles. The summed E-state index contributed by atoms with van der Waals surface area (Å²) in [6.45, 7) is 13.5. The number of carbonyl (C=O) groups is 2. The van der Waals surface area contributed by atoms with Gasteiger partial charge in [-0.3, -0.25) is 19.6 Å². The Morgan fingerprint density at radius 2 is 1.27 bits per heavy atom. The molecule has 0 spiro atoms. The number of nitrogens with zero attached hydrogens (tertiary/aromatic N) is 10. The van der Waals surface area contributed by atoms with Crippen LogP contribution in [0.3, 0.4) is 0 Å². The summed E-state index contributed by atoms with van der Waals surface area (Å²) >= 11 is 26.1. The molecule has 3 heterocycles. The summed E-state index contributed by atoms with van der Waals surface area (Å²) in [7, 11) is 0. The van der Waals surface area contributed by atoms with Gasteiger partial charge in [-0.2, -0.15) is 10.5 Å². The number of rotatable bonds is 15. The minimum absolute atomic E-state index is 0.00752. The van der Waals surface area contributed by atoms with Crippen molar-refractivity contribution in [3.63, 3.8) is 0 Å². The fourth-order valence-corrected chi connectivity index (χ4v) is 8.32. The van der Waals surface area contributed by atoms with Crippen LogP contribution in [0.1, 0.15) is 95.1 Å². The van der Waals surface area contributed by atoms with E-state index in [1.165, 1.54) is 23.3 Å². The number of nitrogens with two attached hydrogens (primary N) is 2. The largest absolute Gasteiger partial charge is 0.383 e. The van der Waals surface area contributed by atoms with E-state index in [1.54, 1.807) is 54.6 Å². The lowest BCUT2D eigenvalue weighted by molar-refractivity contribution is -0.119. The van der Waals surface area contributed by atoms with Crippen molar-refractivity contribution in [3.8, 4) is 24.5 Å². The van der Waals surface area contributed by atoms with Crippen molar-refractivity contribution in [2.24, 2.45) is 27.4 Å². The molecule has 0 aliphatic carbocycles. The van der Waals surface area contributed by atoms with E-state index in [-0.39, 0.29) is 42.5 Å². The number of pyridine rings is 2. The third kappa shape index (κ3) is 15.9. The van der Waals surface area contributed by atoms with Crippen LogP contribution < -0.4 is 22.1 Å². The number of halogens is 4. The van der Waals surface area contributed by atoms with Gasteiger partial charge in [0.15, 0.2) is 0 Å². The second-order valence-electron chi connectivity index (χ2n) is 19.1. The van der Waals surface area contributed by atoms with Gasteiger partial charge >= 0.3 is 0 Å². The first-order valence-corrected chi connectivity index (χ1v) is 24.2. The smallest absolute Gasteiger partial charge is 0.239 e. The number of nitrogens with one attached hydrogen (secondary N) is 2. The molecule has 2 atom stereocenters. The summed E-state index contributed by atoms with van der Waals surface area (Å²) in [5.74, 6) is -1.45. The quantitative estimate of drug-likeness (QED) is 0.0326. The molecular weight excluding hydrogens is 1020 g/mol. The molecule has 0 unspecified atom stereocenters. The van der Waals surface area contributed by atoms with E-state index >= 15 is 0 Å². The van der Waals surface area contributed by atoms with Crippen molar-refractivity contribution in [3.05, 3.63) is 161 Å². The molecule has 20 heteroatoms. The number of azide groups is 1. The van der Waals surface area contributed by atoms with Gasteiger partial charge in [0.1, 0.15) is 25.2 Å². The third-order valence-corrected chi connectivity index (χ3v) is 11.8. The monoisotopic (exact) mass is 1070 g/mol. The Morgan fingerprint density at radius 1 is 0.784 bits per heavy atom. The van der Waals surface area contributed by atoms with Gasteiger partial charge in [-0.05, 0) is 87.9 Å². The maximum absolute atomic E-state index is 11.4. The van der Waals surface area contributed by atoms with Crippen molar-refractivity contribution in [2.45, 2.75) is 72.7 Å². The normalized spacial score (nSPS) is 13.0. The predicted molar refractivity (Wildman–Crippen MR) is 295 cm³/mol. The van der Waals surface area contributed by atoms with E-state index in [0.717, 1.165) is 10.9 Å². The van der Waals surface area contributed by atoms with Gasteiger partial charge in [0, 0.05) is 66.0 Å². The average Bonchev–Trinajstić information content (AvgIpc) is 3.83. The van der Waals surface area contributed by atoms with Crippen molar-refractivity contribution in [2.75, 3.05) is 30.3 Å². The topological polar surface area (TPSA) is 263 Å². The van der Waals surface area contributed by atoms with Gasteiger partial charge in [-0.15, -0.1) is 11.5 Å². The fourth-order valence-electron chi connectivity index (χ4n) is 7.24. The number of carbonyl (C=O) groups excluding carboxylic acids is 2. The van der Waals surface area contributed by atoms with Gasteiger partial charge in [-0.1, -0.05) is 141 Å². The summed E-state index contributed by atoms with van der Waals surface area (Å²) in [6.07, 6.45) is 10.7. The van der Waals surface area contributed by atoms with Gasteiger partial charge in [0.05, 0.1) is 55.2 Å². The number of anilines is 2. The number of amides is 2. The Kier molecular flexibility index (Phi) is 18.9. The third-order valence-electron chi connectivity index (χ3n) is 10.6. The molecule has 0 fully saturated rings. The van der Waals surface area contributed by atoms with Crippen LogP contribution in [0.5, 0.6) is 0 Å². The van der Waals surface area contributed by atoms with Gasteiger partial charge < -0.3 is 22.1 Å². The Bertz CT molecular complexity index is 3480. The Labute approximate surface area is 452 Å². The molecule has 74 heavy (non-hydrogen) atoms. The lowest BCUT2D eigenvalue weighted by Gasteiger charge is -2.22. The zero-order valence-corrected chi connectivity index (χ0v) is 44.5. The molecule has 6 N–H and O–H groups in total. The summed E-state index contributed by atoms with van der Waals surface area (Å²) < 4.78 is 19.8. The summed E-state index contributed by atoms with van der Waals surface area (Å²) in [5, 5.41) is 40.3. The number of terminal acetylenes is 1. The molecular formula is C54H54Cl4N14O2. The number of hydrogen-bond acceptors (Lipinski definition) is 11. The van der Waals surface area contributed by atoms with E-state index in [0.29, 0.717) is 88.8 Å². The van der Waals surface area contributed by atoms with Crippen molar-refractivity contribution in [1.29, 1.82) is 10.5 Å². The Balaban J connectivity index is 0.000000253. The van der Waals surface area contributed by atoms with Crippen molar-refractivity contribution in [1.82, 2.24) is 25.0 Å². The number of nitriles is 2. The number of aromatic nitrogens is 5. The van der Waals surface area contributed by atoms with Crippen LogP contribution in [-0.4, -0.2) is 56.4 Å². The number of hydrogen-bond donors (Lipinski definition) is 4. The first kappa shape index (κ1) is 54.2. The van der Waals surface area contributed by atoms with Gasteiger partial charge in [-0.25, -0.2) is 4.68 Å². The number of fused-ring (bicyclic) bond motifs is 2. The highest BCUT2D eigenvalue weighted by Crippen LogP contribution is 2.38. The molecule has 0 aliphatic rings. The lowest BCUT2D eigenvalue weighted by Crippen LogP contribution is -2.19. The molecule has 380 valence electrons. The van der Waals surface area contributed by atoms with Crippen LogP contribution in [0.25, 0.3) is 32.2 Å². The molecule has 4 aromatic carbocycles. The highest BCUT2D eigenvalue weighted by molar-refractivity contribution is 6.36. The molecule has 7 aromatic rings. The molecule has 0 radical (unpaired) electrons. The van der Waals surface area contributed by atoms with Crippen molar-refractivity contribution >= 4 is 91.4 Å². The minimum Gasteiger partial charge on any atom is -0.383 e. The number of benzene rings is 4. The first-order valence-electron chi connectivity index (χ1n) is 23.7. The zero-order chi connectivity index (χ0) is 56.2. The SMILES string of the molecule is [2H][C@@](C#C)(Cc1cc(Cl)c2ncc(C#N)c(NCC(C)(C)C)c2c1)c1ccccc1Cl.[2H][C@](Cc1cc(Cl)c2ncc(C#N)c(NCC(C)(C)C)c2c1)(c1cn(CC(N)=O)nn1)c1ccccc1Cl.[N-]=[N+]=NCC(N)=O. The maximum Gasteiger partial charge on any atom is 0.239 e. The highest BCUT2D eigenvalue weighted by atomic mass is 35.5. The summed E-state index contributed by atoms with van der Waals surface area (Å²) in [6, 6.07) is 25.9. The highest BCUT2D eigenvalue weighted by Gasteiger charge is 2.24. The molecule has 0 bridgehead atoms. The van der Waals surface area contributed by atoms with E-state index in [4.69, 9.17) is 65.5 Å². The zero-order valence-electron chi connectivity index (χ0n) is 43.4. The average molecular weight is 1070 g/mol. The molecule has 2 amide bonds. The van der Waals surface area contributed by atoms with Crippen LogP contribution in [0.2, 0.25) is 20.1 Å². The van der Waals surface area contributed by atoms with E-state index in [9.17, 15) is 21.5 Å². The number of primary amides is 2. The van der Waals surface area contributed by atoms with Crippen LogP contribution >= 0.6 is 46.4 Å². The lowest BCUT2D eigenvalue weighted by atomic mass is 9.89. The molecule has 3 aromatic heterocycles. The second kappa shape index (κ2) is 25.9.